The van der Waals surface area contributed by atoms with Crippen molar-refractivity contribution in [3.63, 3.8) is 0 Å². The summed E-state index contributed by atoms with van der Waals surface area (Å²) < 4.78 is 5.49. The maximum atomic E-state index is 11.4. The molecule has 3 N–H and O–H groups in total. The van der Waals surface area contributed by atoms with Crippen LogP contribution in [0.5, 0.6) is 0 Å². The maximum absolute atomic E-state index is 11.4. The second kappa shape index (κ2) is 6.68. The number of hydrogen-bond acceptors (Lipinski definition) is 5. The van der Waals surface area contributed by atoms with Gasteiger partial charge in [-0.3, -0.25) is 10.2 Å². The van der Waals surface area contributed by atoms with Crippen molar-refractivity contribution in [1.82, 2.24) is 10.3 Å². The molecule has 1 rings (SSSR count). The Kier molecular flexibility index (Phi) is 5.54. The first-order valence-electron chi connectivity index (χ1n) is 5.37. The summed E-state index contributed by atoms with van der Waals surface area (Å²) in [5.74, 6) is 8.00. The molecule has 0 aromatic carbocycles. The third-order valence-electron chi connectivity index (χ3n) is 2.27. The second-order valence-electron chi connectivity index (χ2n) is 4.01. The predicted molar refractivity (Wildman–Crippen MR) is 69.8 cm³/mol. The molecular weight excluding hydrogens is 238 g/mol. The highest BCUT2D eigenvalue weighted by atomic mass is 32.2. The van der Waals surface area contributed by atoms with Crippen molar-refractivity contribution in [2.45, 2.75) is 12.7 Å². The summed E-state index contributed by atoms with van der Waals surface area (Å²) in [4.78, 5) is 13.5. The number of hydrazine groups is 1. The molecule has 0 fully saturated rings. The topological polar surface area (TPSA) is 71.5 Å². The summed E-state index contributed by atoms with van der Waals surface area (Å²) in [6.45, 7) is 2.79. The second-order valence-corrected chi connectivity index (χ2v) is 5.12. The lowest BCUT2D eigenvalue weighted by Gasteiger charge is -2.07. The van der Waals surface area contributed by atoms with Crippen molar-refractivity contribution in [3.05, 3.63) is 23.2 Å². The molecule has 0 saturated carbocycles. The van der Waals surface area contributed by atoms with Crippen LogP contribution >= 0.6 is 11.8 Å². The van der Waals surface area contributed by atoms with E-state index in [1.165, 1.54) is 0 Å². The van der Waals surface area contributed by atoms with E-state index in [1.54, 1.807) is 24.8 Å². The van der Waals surface area contributed by atoms with E-state index in [2.05, 4.69) is 10.3 Å². The van der Waals surface area contributed by atoms with Crippen LogP contribution in [-0.4, -0.2) is 37.2 Å². The highest BCUT2D eigenvalue weighted by Crippen LogP contribution is 2.19. The molecule has 0 atom stereocenters. The van der Waals surface area contributed by atoms with Crippen molar-refractivity contribution >= 4 is 17.7 Å². The number of nitrogens with zero attached hydrogens (tertiary/aromatic N) is 1. The molecule has 96 valence electrons. The Morgan fingerprint density at radius 2 is 2.29 bits per heavy atom. The molecule has 1 amide bonds. The zero-order chi connectivity index (χ0) is 12.8. The highest BCUT2D eigenvalue weighted by Gasteiger charge is 2.13. The lowest BCUT2D eigenvalue weighted by Crippen LogP contribution is -2.30. The van der Waals surface area contributed by atoms with Crippen molar-refractivity contribution in [3.8, 4) is 0 Å². The largest absolute Gasteiger partial charge is 0.465 e. The van der Waals surface area contributed by atoms with Gasteiger partial charge in [-0.1, -0.05) is 0 Å². The minimum atomic E-state index is -0.309. The average Bonchev–Trinajstić information content (AvgIpc) is 2.65. The van der Waals surface area contributed by atoms with E-state index < -0.39 is 0 Å². The van der Waals surface area contributed by atoms with Crippen molar-refractivity contribution < 1.29 is 9.21 Å². The van der Waals surface area contributed by atoms with Gasteiger partial charge in [0.05, 0.1) is 11.3 Å². The molecule has 0 radical (unpaired) electrons. The molecule has 0 aliphatic rings. The van der Waals surface area contributed by atoms with E-state index in [0.29, 0.717) is 11.3 Å². The van der Waals surface area contributed by atoms with Gasteiger partial charge in [0, 0.05) is 12.3 Å². The summed E-state index contributed by atoms with van der Waals surface area (Å²) in [5.41, 5.74) is 2.62. The SMILES string of the molecule is Cc1oc(CSCCN(C)C)cc1C(=O)NN. The molecule has 5 nitrogen and oxygen atoms in total. The highest BCUT2D eigenvalue weighted by molar-refractivity contribution is 7.98. The van der Waals surface area contributed by atoms with Crippen molar-refractivity contribution in [1.29, 1.82) is 0 Å². The van der Waals surface area contributed by atoms with Crippen LogP contribution in [0.4, 0.5) is 0 Å². The average molecular weight is 257 g/mol. The first-order chi connectivity index (χ1) is 8.04. The minimum Gasteiger partial charge on any atom is -0.465 e. The van der Waals surface area contributed by atoms with Crippen LogP contribution in [0.3, 0.4) is 0 Å². The number of nitrogens with one attached hydrogen (secondary N) is 1. The van der Waals surface area contributed by atoms with Gasteiger partial charge in [-0.05, 0) is 27.1 Å². The van der Waals surface area contributed by atoms with E-state index in [1.807, 2.05) is 14.1 Å². The molecule has 1 heterocycles. The van der Waals surface area contributed by atoms with E-state index in [9.17, 15) is 4.79 Å². The number of carbonyl (C=O) groups is 1. The quantitative estimate of drug-likeness (QED) is 0.344. The Balaban J connectivity index is 2.47. The smallest absolute Gasteiger partial charge is 0.268 e. The molecule has 0 unspecified atom stereocenters. The Morgan fingerprint density at radius 3 is 2.88 bits per heavy atom. The number of aryl methyl sites for hydroxylation is 1. The first kappa shape index (κ1) is 14.1. The van der Waals surface area contributed by atoms with Gasteiger partial charge in [-0.2, -0.15) is 11.8 Å². The van der Waals surface area contributed by atoms with Crippen LogP contribution in [-0.2, 0) is 5.75 Å². The number of rotatable bonds is 6. The van der Waals surface area contributed by atoms with E-state index in [-0.39, 0.29) is 5.91 Å². The van der Waals surface area contributed by atoms with Crippen LogP contribution < -0.4 is 11.3 Å². The third-order valence-corrected chi connectivity index (χ3v) is 3.23. The molecule has 6 heteroatoms. The van der Waals surface area contributed by atoms with Gasteiger partial charge in [0.2, 0.25) is 0 Å². The summed E-state index contributed by atoms with van der Waals surface area (Å²) >= 11 is 1.78. The number of furan rings is 1. The van der Waals surface area contributed by atoms with Crippen LogP contribution in [0.1, 0.15) is 21.9 Å². The molecule has 1 aromatic rings. The number of thioether (sulfide) groups is 1. The zero-order valence-corrected chi connectivity index (χ0v) is 11.3. The van der Waals surface area contributed by atoms with Gasteiger partial charge in [-0.25, -0.2) is 5.84 Å². The molecule has 17 heavy (non-hydrogen) atoms. The van der Waals surface area contributed by atoms with Gasteiger partial charge in [0.25, 0.3) is 5.91 Å². The monoisotopic (exact) mass is 257 g/mol. The number of nitrogens with two attached hydrogens (primary N) is 1. The fourth-order valence-corrected chi connectivity index (χ4v) is 2.32. The van der Waals surface area contributed by atoms with Crippen molar-refractivity contribution in [2.75, 3.05) is 26.4 Å². The fraction of sp³-hybridized carbons (Fsp3) is 0.545. The van der Waals surface area contributed by atoms with Crippen LogP contribution in [0.2, 0.25) is 0 Å². The predicted octanol–water partition coefficient (Wildman–Crippen LogP) is 0.986. The molecule has 0 aliphatic heterocycles. The fourth-order valence-electron chi connectivity index (χ4n) is 1.34. The third kappa shape index (κ3) is 4.41. The lowest BCUT2D eigenvalue weighted by molar-refractivity contribution is 0.0952. The molecule has 0 bridgehead atoms. The van der Waals surface area contributed by atoms with Gasteiger partial charge in [-0.15, -0.1) is 0 Å². The van der Waals surface area contributed by atoms with Gasteiger partial charge < -0.3 is 9.32 Å². The van der Waals surface area contributed by atoms with Crippen LogP contribution in [0, 0.1) is 6.92 Å². The van der Waals surface area contributed by atoms with Crippen molar-refractivity contribution in [2.24, 2.45) is 5.84 Å². The number of amides is 1. The lowest BCUT2D eigenvalue weighted by atomic mass is 10.2. The summed E-state index contributed by atoms with van der Waals surface area (Å²) in [6.07, 6.45) is 0. The van der Waals surface area contributed by atoms with E-state index in [0.717, 1.165) is 23.8 Å². The normalized spacial score (nSPS) is 10.9. The summed E-state index contributed by atoms with van der Waals surface area (Å²) in [5, 5.41) is 0. The minimum absolute atomic E-state index is 0.309. The Hall–Kier alpha value is -0.980. The van der Waals surface area contributed by atoms with Gasteiger partial charge in [0.15, 0.2) is 0 Å². The summed E-state index contributed by atoms with van der Waals surface area (Å²) in [7, 11) is 4.09. The maximum Gasteiger partial charge on any atom is 0.268 e. The number of nitrogen functional groups attached to an aromatic ring is 1. The molecule has 1 aromatic heterocycles. The molecule has 0 spiro atoms. The van der Waals surface area contributed by atoms with Gasteiger partial charge in [0.1, 0.15) is 11.5 Å². The standard InChI is InChI=1S/C11H19N3O2S/c1-8-10(11(15)13-12)6-9(16-8)7-17-5-4-14(2)3/h6H,4-5,7,12H2,1-3H3,(H,13,15). The Bertz CT molecular complexity index is 377. The Morgan fingerprint density at radius 1 is 1.59 bits per heavy atom. The van der Waals surface area contributed by atoms with E-state index >= 15 is 0 Å². The van der Waals surface area contributed by atoms with Crippen LogP contribution in [0.15, 0.2) is 10.5 Å². The first-order valence-corrected chi connectivity index (χ1v) is 6.52. The summed E-state index contributed by atoms with van der Waals surface area (Å²) in [6, 6.07) is 1.75. The molecule has 0 saturated heterocycles. The number of hydrogen-bond donors (Lipinski definition) is 2. The van der Waals surface area contributed by atoms with E-state index in [4.69, 9.17) is 10.3 Å². The van der Waals surface area contributed by atoms with Gasteiger partial charge >= 0.3 is 0 Å². The molecule has 0 aliphatic carbocycles. The zero-order valence-electron chi connectivity index (χ0n) is 10.4. The number of carbonyl (C=O) groups excluding carboxylic acids is 1. The Labute approximate surface area is 106 Å². The van der Waals surface area contributed by atoms with Crippen LogP contribution in [0.25, 0.3) is 0 Å². The molecular formula is C11H19N3O2S.